The van der Waals surface area contributed by atoms with Gasteiger partial charge in [-0.05, 0) is 77.0 Å². The lowest BCUT2D eigenvalue weighted by atomic mass is 10.2. The number of thiophene rings is 1. The highest BCUT2D eigenvalue weighted by Gasteiger charge is 2.34. The summed E-state index contributed by atoms with van der Waals surface area (Å²) in [6.45, 7) is 2.38. The second-order valence-electron chi connectivity index (χ2n) is 5.40. The Balaban J connectivity index is 1.84. The first-order valence-electron chi connectivity index (χ1n) is 8.07. The number of carbonyl (C=O) groups excluding carboxylic acids is 2. The molecule has 6 nitrogen and oxygen atoms in total. The van der Waals surface area contributed by atoms with Crippen LogP contribution in [0.1, 0.15) is 22.2 Å². The van der Waals surface area contributed by atoms with Crippen LogP contribution in [0.5, 0.6) is 11.5 Å². The van der Waals surface area contributed by atoms with Gasteiger partial charge in [0.15, 0.2) is 15.8 Å². The third-order valence-corrected chi connectivity index (χ3v) is 6.56. The highest BCUT2D eigenvalue weighted by atomic mass is 127. The quantitative estimate of drug-likeness (QED) is 0.331. The van der Waals surface area contributed by atoms with Crippen LogP contribution in [0.2, 0.25) is 0 Å². The van der Waals surface area contributed by atoms with E-state index >= 15 is 0 Å². The van der Waals surface area contributed by atoms with Gasteiger partial charge in [-0.1, -0.05) is 17.8 Å². The van der Waals surface area contributed by atoms with Gasteiger partial charge < -0.3 is 9.47 Å². The lowest BCUT2D eigenvalue weighted by Crippen LogP contribution is -2.44. The summed E-state index contributed by atoms with van der Waals surface area (Å²) in [5.74, 6) is 0.508. The van der Waals surface area contributed by atoms with Gasteiger partial charge in [0.25, 0.3) is 11.8 Å². The number of benzene rings is 1. The van der Waals surface area contributed by atoms with E-state index in [1.165, 1.54) is 11.3 Å². The summed E-state index contributed by atoms with van der Waals surface area (Å²) in [6, 6.07) is 7.15. The van der Waals surface area contributed by atoms with Crippen LogP contribution in [-0.2, 0) is 4.79 Å². The SMILES string of the molecule is CCOc1cc(/C=C2/SC(=S)N(NC(=O)c3cccs3)C2=O)cc(I)c1OC. The largest absolute Gasteiger partial charge is 0.492 e. The molecule has 10 heteroatoms. The minimum Gasteiger partial charge on any atom is -0.492 e. The van der Waals surface area contributed by atoms with Gasteiger partial charge >= 0.3 is 0 Å². The molecule has 2 aromatic rings. The molecule has 1 fully saturated rings. The van der Waals surface area contributed by atoms with Crippen molar-refractivity contribution >= 4 is 80.1 Å². The first kappa shape index (κ1) is 21.1. The number of nitrogens with one attached hydrogen (secondary N) is 1. The number of nitrogens with zero attached hydrogens (tertiary/aromatic N) is 1. The molecule has 0 unspecified atom stereocenters. The lowest BCUT2D eigenvalue weighted by Gasteiger charge is -2.14. The number of hydrogen-bond acceptors (Lipinski definition) is 7. The van der Waals surface area contributed by atoms with Gasteiger partial charge in [0.1, 0.15) is 0 Å². The van der Waals surface area contributed by atoms with Crippen LogP contribution < -0.4 is 14.9 Å². The van der Waals surface area contributed by atoms with Crippen LogP contribution in [0.3, 0.4) is 0 Å². The molecule has 1 aromatic heterocycles. The van der Waals surface area contributed by atoms with Crippen LogP contribution in [0.15, 0.2) is 34.6 Å². The molecule has 1 aliphatic heterocycles. The third-order valence-electron chi connectivity index (χ3n) is 3.59. The van der Waals surface area contributed by atoms with Crippen molar-refractivity contribution in [2.24, 2.45) is 0 Å². The summed E-state index contributed by atoms with van der Waals surface area (Å²) in [7, 11) is 1.58. The zero-order valence-corrected chi connectivity index (χ0v) is 19.5. The van der Waals surface area contributed by atoms with Crippen molar-refractivity contribution in [1.29, 1.82) is 0 Å². The zero-order valence-electron chi connectivity index (χ0n) is 14.9. The Labute approximate surface area is 189 Å². The maximum atomic E-state index is 12.7. The average molecular weight is 546 g/mol. The lowest BCUT2D eigenvalue weighted by molar-refractivity contribution is -0.123. The second-order valence-corrected chi connectivity index (χ2v) is 9.19. The molecular formula is C18H15IN2O4S3. The molecule has 0 atom stereocenters. The zero-order chi connectivity index (χ0) is 20.3. The standard InChI is InChI=1S/C18H15IN2O4S3/c1-3-25-12-8-10(7-11(19)15(12)24-2)9-14-17(23)21(18(26)28-14)20-16(22)13-5-4-6-27-13/h4-9H,3H2,1-2H3,(H,20,22)/b14-9+. The fourth-order valence-electron chi connectivity index (χ4n) is 2.41. The van der Waals surface area contributed by atoms with Crippen LogP contribution in [0.4, 0.5) is 0 Å². The summed E-state index contributed by atoms with van der Waals surface area (Å²) >= 11 is 9.84. The number of rotatable bonds is 6. The first-order valence-corrected chi connectivity index (χ1v) is 11.3. The molecule has 2 amide bonds. The fraction of sp³-hybridized carbons (Fsp3) is 0.167. The van der Waals surface area contributed by atoms with Gasteiger partial charge in [0, 0.05) is 0 Å². The number of thiocarbonyl (C=S) groups is 1. The van der Waals surface area contributed by atoms with Crippen molar-refractivity contribution in [3.8, 4) is 11.5 Å². The van der Waals surface area contributed by atoms with Gasteiger partial charge in [-0.3, -0.25) is 15.0 Å². The van der Waals surface area contributed by atoms with E-state index in [1.54, 1.807) is 36.8 Å². The van der Waals surface area contributed by atoms with Gasteiger partial charge in [-0.25, -0.2) is 0 Å². The molecule has 146 valence electrons. The number of ether oxygens (including phenoxy) is 2. The number of hydrazine groups is 1. The number of hydrogen-bond donors (Lipinski definition) is 1. The molecule has 28 heavy (non-hydrogen) atoms. The van der Waals surface area contributed by atoms with Gasteiger partial charge in [-0.15, -0.1) is 11.3 Å². The normalized spacial score (nSPS) is 15.2. The average Bonchev–Trinajstić information content (AvgIpc) is 3.27. The Morgan fingerprint density at radius 2 is 2.21 bits per heavy atom. The van der Waals surface area contributed by atoms with Gasteiger partial charge in [0.05, 0.1) is 27.1 Å². The van der Waals surface area contributed by atoms with Crippen LogP contribution in [0, 0.1) is 3.57 Å². The molecule has 0 aliphatic carbocycles. The van der Waals surface area contributed by atoms with Crippen LogP contribution in [0.25, 0.3) is 6.08 Å². The van der Waals surface area contributed by atoms with Crippen molar-refractivity contribution in [2.75, 3.05) is 13.7 Å². The molecule has 0 spiro atoms. The monoisotopic (exact) mass is 546 g/mol. The smallest absolute Gasteiger partial charge is 0.285 e. The topological polar surface area (TPSA) is 67.9 Å². The molecule has 0 radical (unpaired) electrons. The van der Waals surface area contributed by atoms with E-state index in [2.05, 4.69) is 28.0 Å². The number of carbonyl (C=O) groups is 2. The number of thioether (sulfide) groups is 1. The predicted molar refractivity (Wildman–Crippen MR) is 124 cm³/mol. The maximum absolute atomic E-state index is 12.7. The van der Waals surface area contributed by atoms with Crippen molar-refractivity contribution in [3.63, 3.8) is 0 Å². The molecular weight excluding hydrogens is 531 g/mol. The molecule has 1 aliphatic rings. The van der Waals surface area contributed by atoms with E-state index in [-0.39, 0.29) is 16.1 Å². The Morgan fingerprint density at radius 1 is 1.43 bits per heavy atom. The number of halogens is 1. The number of methoxy groups -OCH3 is 1. The minimum atomic E-state index is -0.372. The van der Waals surface area contributed by atoms with Crippen molar-refractivity contribution in [3.05, 3.63) is 48.6 Å². The van der Waals surface area contributed by atoms with Gasteiger partial charge in [0.2, 0.25) is 0 Å². The fourth-order valence-corrected chi connectivity index (χ4v) is 5.05. The molecule has 0 saturated carbocycles. The minimum absolute atomic E-state index is 0.273. The Bertz CT molecular complexity index is 960. The van der Waals surface area contributed by atoms with E-state index in [9.17, 15) is 9.59 Å². The van der Waals surface area contributed by atoms with Crippen molar-refractivity contribution in [2.45, 2.75) is 6.92 Å². The Kier molecular flexibility index (Phi) is 6.96. The molecule has 0 bridgehead atoms. The van der Waals surface area contributed by atoms with Crippen LogP contribution >= 0.6 is 57.9 Å². The first-order chi connectivity index (χ1) is 13.4. The Morgan fingerprint density at radius 3 is 2.86 bits per heavy atom. The van der Waals surface area contributed by atoms with Crippen molar-refractivity contribution < 1.29 is 19.1 Å². The van der Waals surface area contributed by atoms with E-state index < -0.39 is 0 Å². The third kappa shape index (κ3) is 4.50. The molecule has 2 heterocycles. The molecule has 1 aromatic carbocycles. The maximum Gasteiger partial charge on any atom is 0.285 e. The molecule has 1 N–H and O–H groups in total. The number of amides is 2. The van der Waals surface area contributed by atoms with Crippen LogP contribution in [-0.4, -0.2) is 34.9 Å². The highest BCUT2D eigenvalue weighted by Crippen LogP contribution is 2.37. The summed E-state index contributed by atoms with van der Waals surface area (Å²) < 4.78 is 12.2. The highest BCUT2D eigenvalue weighted by molar-refractivity contribution is 14.1. The van der Waals surface area contributed by atoms with E-state index in [1.807, 2.05) is 13.0 Å². The molecule has 3 rings (SSSR count). The van der Waals surface area contributed by atoms with Crippen molar-refractivity contribution in [1.82, 2.24) is 10.4 Å². The summed E-state index contributed by atoms with van der Waals surface area (Å²) in [5.41, 5.74) is 3.34. The van der Waals surface area contributed by atoms with E-state index in [4.69, 9.17) is 21.7 Å². The Hall–Kier alpha value is -1.63. The summed E-state index contributed by atoms with van der Waals surface area (Å²) in [4.78, 5) is 25.9. The van der Waals surface area contributed by atoms with E-state index in [0.29, 0.717) is 27.9 Å². The van der Waals surface area contributed by atoms with E-state index in [0.717, 1.165) is 25.9 Å². The molecule has 1 saturated heterocycles. The predicted octanol–water partition coefficient (Wildman–Crippen LogP) is 4.31. The summed E-state index contributed by atoms with van der Waals surface area (Å²) in [5, 5.41) is 2.90. The second kappa shape index (κ2) is 9.25. The summed E-state index contributed by atoms with van der Waals surface area (Å²) in [6.07, 6.45) is 1.72. The van der Waals surface area contributed by atoms with Gasteiger partial charge in [-0.2, -0.15) is 5.01 Å².